The second kappa shape index (κ2) is 4.92. The number of nitrogens with one attached hydrogen (secondary N) is 1. The maximum absolute atomic E-state index is 10.2. The number of nitrogens with zero attached hydrogens (tertiary/aromatic N) is 2. The van der Waals surface area contributed by atoms with E-state index in [0.29, 0.717) is 32.7 Å². The van der Waals surface area contributed by atoms with Crippen LogP contribution in [0.5, 0.6) is 0 Å². The predicted molar refractivity (Wildman–Crippen MR) is 72.0 cm³/mol. The molecule has 2 aromatic heterocycles. The lowest BCUT2D eigenvalue weighted by atomic mass is 10.0. The number of hydrogen-bond acceptors (Lipinski definition) is 4. The van der Waals surface area contributed by atoms with E-state index >= 15 is 0 Å². The number of imidazole rings is 1. The third kappa shape index (κ3) is 2.49. The van der Waals surface area contributed by atoms with Gasteiger partial charge in [-0.25, -0.2) is 4.98 Å². The number of aryl methyl sites for hydroxylation is 1. The zero-order chi connectivity index (χ0) is 13.3. The normalized spacial score (nSPS) is 23.3. The fraction of sp³-hybridized carbons (Fsp3) is 0.500. The summed E-state index contributed by atoms with van der Waals surface area (Å²) >= 11 is 0. The molecule has 0 aliphatic carbocycles. The minimum atomic E-state index is -0.714. The van der Waals surface area contributed by atoms with Crippen molar-refractivity contribution >= 4 is 5.65 Å². The fourth-order valence-corrected chi connectivity index (χ4v) is 2.53. The van der Waals surface area contributed by atoms with Crippen molar-refractivity contribution in [2.45, 2.75) is 25.5 Å². The summed E-state index contributed by atoms with van der Waals surface area (Å²) in [6.45, 7) is 4.32. The first-order valence-electron chi connectivity index (χ1n) is 6.61. The molecule has 3 rings (SSSR count). The van der Waals surface area contributed by atoms with Gasteiger partial charge in [-0.15, -0.1) is 0 Å². The van der Waals surface area contributed by atoms with Gasteiger partial charge in [0.15, 0.2) is 0 Å². The van der Waals surface area contributed by atoms with Crippen LogP contribution in [0.4, 0.5) is 0 Å². The molecule has 19 heavy (non-hydrogen) atoms. The first-order valence-corrected chi connectivity index (χ1v) is 6.61. The molecule has 102 valence electrons. The van der Waals surface area contributed by atoms with Gasteiger partial charge in [0.05, 0.1) is 18.0 Å². The standard InChI is InChI=1S/C14H19N3O2/c1-11-12(17-6-3-2-4-13(17)16-11)8-15-9-14(18)5-7-19-10-14/h2-4,6,15,18H,5,7-10H2,1H3. The van der Waals surface area contributed by atoms with Gasteiger partial charge < -0.3 is 19.6 Å². The highest BCUT2D eigenvalue weighted by Gasteiger charge is 2.31. The first-order chi connectivity index (χ1) is 9.18. The smallest absolute Gasteiger partial charge is 0.137 e. The maximum atomic E-state index is 10.2. The topological polar surface area (TPSA) is 58.8 Å². The number of hydrogen-bond donors (Lipinski definition) is 2. The van der Waals surface area contributed by atoms with Crippen LogP contribution < -0.4 is 5.32 Å². The number of aromatic nitrogens is 2. The molecule has 1 saturated heterocycles. The Morgan fingerprint density at radius 3 is 3.21 bits per heavy atom. The monoisotopic (exact) mass is 261 g/mol. The van der Waals surface area contributed by atoms with E-state index in [0.717, 1.165) is 17.0 Å². The molecule has 2 N–H and O–H groups in total. The van der Waals surface area contributed by atoms with Gasteiger partial charge in [0.25, 0.3) is 0 Å². The van der Waals surface area contributed by atoms with E-state index in [9.17, 15) is 5.11 Å². The van der Waals surface area contributed by atoms with Crippen LogP contribution >= 0.6 is 0 Å². The third-order valence-corrected chi connectivity index (χ3v) is 3.66. The summed E-state index contributed by atoms with van der Waals surface area (Å²) in [5.41, 5.74) is 2.40. The van der Waals surface area contributed by atoms with Gasteiger partial charge in [0.2, 0.25) is 0 Å². The van der Waals surface area contributed by atoms with Crippen LogP contribution in [0.2, 0.25) is 0 Å². The van der Waals surface area contributed by atoms with Crippen molar-refractivity contribution in [2.75, 3.05) is 19.8 Å². The number of fused-ring (bicyclic) bond motifs is 1. The van der Waals surface area contributed by atoms with Crippen molar-refractivity contribution < 1.29 is 9.84 Å². The minimum absolute atomic E-state index is 0.423. The summed E-state index contributed by atoms with van der Waals surface area (Å²) in [5, 5.41) is 13.5. The Bertz CT molecular complexity index is 573. The van der Waals surface area contributed by atoms with E-state index in [2.05, 4.69) is 14.7 Å². The molecule has 0 spiro atoms. The van der Waals surface area contributed by atoms with Crippen molar-refractivity contribution in [3.05, 3.63) is 35.8 Å². The van der Waals surface area contributed by atoms with Gasteiger partial charge in [-0.2, -0.15) is 0 Å². The molecule has 5 nitrogen and oxygen atoms in total. The average molecular weight is 261 g/mol. The maximum Gasteiger partial charge on any atom is 0.137 e. The van der Waals surface area contributed by atoms with Gasteiger partial charge in [-0.3, -0.25) is 0 Å². The van der Waals surface area contributed by atoms with E-state index in [4.69, 9.17) is 4.74 Å². The molecule has 0 radical (unpaired) electrons. The molecule has 1 aliphatic heterocycles. The SMILES string of the molecule is Cc1nc2ccccn2c1CNCC1(O)CCOC1. The minimum Gasteiger partial charge on any atom is -0.386 e. The van der Waals surface area contributed by atoms with Crippen LogP contribution in [0.3, 0.4) is 0 Å². The lowest BCUT2D eigenvalue weighted by Gasteiger charge is -2.20. The average Bonchev–Trinajstić information content (AvgIpc) is 2.95. The summed E-state index contributed by atoms with van der Waals surface area (Å²) in [4.78, 5) is 4.52. The lowest BCUT2D eigenvalue weighted by molar-refractivity contribution is 0.0268. The van der Waals surface area contributed by atoms with Crippen molar-refractivity contribution in [3.63, 3.8) is 0 Å². The van der Waals surface area contributed by atoms with Gasteiger partial charge in [0, 0.05) is 32.3 Å². The molecule has 1 fully saturated rings. The quantitative estimate of drug-likeness (QED) is 0.858. The van der Waals surface area contributed by atoms with E-state index in [1.54, 1.807) is 0 Å². The second-order valence-electron chi connectivity index (χ2n) is 5.20. The summed E-state index contributed by atoms with van der Waals surface area (Å²) in [6.07, 6.45) is 2.71. The molecule has 0 bridgehead atoms. The molecule has 2 aromatic rings. The third-order valence-electron chi connectivity index (χ3n) is 3.66. The molecular weight excluding hydrogens is 242 g/mol. The Morgan fingerprint density at radius 1 is 1.53 bits per heavy atom. The van der Waals surface area contributed by atoms with Crippen molar-refractivity contribution in [3.8, 4) is 0 Å². The highest BCUT2D eigenvalue weighted by Crippen LogP contribution is 2.17. The summed E-state index contributed by atoms with van der Waals surface area (Å²) in [7, 11) is 0. The van der Waals surface area contributed by atoms with E-state index in [-0.39, 0.29) is 0 Å². The zero-order valence-electron chi connectivity index (χ0n) is 11.1. The van der Waals surface area contributed by atoms with Crippen LogP contribution in [-0.4, -0.2) is 39.9 Å². The summed E-state index contributed by atoms with van der Waals surface area (Å²) in [6, 6.07) is 5.97. The van der Waals surface area contributed by atoms with Crippen molar-refractivity contribution in [2.24, 2.45) is 0 Å². The number of aliphatic hydroxyl groups is 1. The molecule has 3 heterocycles. The zero-order valence-corrected chi connectivity index (χ0v) is 11.1. The first kappa shape index (κ1) is 12.6. The Morgan fingerprint density at radius 2 is 2.42 bits per heavy atom. The lowest BCUT2D eigenvalue weighted by Crippen LogP contribution is -2.40. The van der Waals surface area contributed by atoms with E-state index in [1.807, 2.05) is 31.3 Å². The van der Waals surface area contributed by atoms with Crippen LogP contribution in [-0.2, 0) is 11.3 Å². The van der Waals surface area contributed by atoms with Gasteiger partial charge >= 0.3 is 0 Å². The van der Waals surface area contributed by atoms with Gasteiger partial charge in [-0.1, -0.05) is 6.07 Å². The molecule has 0 aromatic carbocycles. The van der Waals surface area contributed by atoms with E-state index in [1.165, 1.54) is 0 Å². The summed E-state index contributed by atoms with van der Waals surface area (Å²) in [5.74, 6) is 0. The highest BCUT2D eigenvalue weighted by atomic mass is 16.5. The Balaban J connectivity index is 1.70. The van der Waals surface area contributed by atoms with Gasteiger partial charge in [0.1, 0.15) is 11.2 Å². The van der Waals surface area contributed by atoms with Crippen molar-refractivity contribution in [1.29, 1.82) is 0 Å². The highest BCUT2D eigenvalue weighted by molar-refractivity contribution is 5.42. The number of ether oxygens (including phenoxy) is 1. The summed E-state index contributed by atoms with van der Waals surface area (Å²) < 4.78 is 7.32. The second-order valence-corrected chi connectivity index (χ2v) is 5.20. The molecular formula is C14H19N3O2. The molecule has 0 saturated carbocycles. The van der Waals surface area contributed by atoms with Crippen LogP contribution in [0.1, 0.15) is 17.8 Å². The van der Waals surface area contributed by atoms with Gasteiger partial charge in [-0.05, 0) is 19.1 Å². The Hall–Kier alpha value is -1.43. The number of pyridine rings is 1. The van der Waals surface area contributed by atoms with Crippen LogP contribution in [0.25, 0.3) is 5.65 Å². The molecule has 1 unspecified atom stereocenters. The molecule has 5 heteroatoms. The van der Waals surface area contributed by atoms with Crippen LogP contribution in [0, 0.1) is 6.92 Å². The van der Waals surface area contributed by atoms with Crippen LogP contribution in [0.15, 0.2) is 24.4 Å². The van der Waals surface area contributed by atoms with E-state index < -0.39 is 5.60 Å². The Kier molecular flexibility index (Phi) is 3.26. The molecule has 1 atom stereocenters. The Labute approximate surface area is 112 Å². The fourth-order valence-electron chi connectivity index (χ4n) is 2.53. The predicted octanol–water partition coefficient (Wildman–Crippen LogP) is 0.884. The largest absolute Gasteiger partial charge is 0.386 e. The molecule has 1 aliphatic rings. The van der Waals surface area contributed by atoms with Crippen molar-refractivity contribution in [1.82, 2.24) is 14.7 Å². The molecule has 0 amide bonds. The number of rotatable bonds is 4.